The fourth-order valence-electron chi connectivity index (χ4n) is 3.58. The van der Waals surface area contributed by atoms with Crippen molar-refractivity contribution < 1.29 is 26.3 Å². The van der Waals surface area contributed by atoms with E-state index < -0.39 is 21.8 Å². The highest BCUT2D eigenvalue weighted by Gasteiger charge is 2.34. The quantitative estimate of drug-likeness (QED) is 0.509. The van der Waals surface area contributed by atoms with Gasteiger partial charge in [0, 0.05) is 38.0 Å². The van der Waals surface area contributed by atoms with E-state index in [4.69, 9.17) is 4.74 Å². The molecule has 1 fully saturated rings. The summed E-state index contributed by atoms with van der Waals surface area (Å²) in [6.07, 6.45) is -3.93. The van der Waals surface area contributed by atoms with Crippen molar-refractivity contribution in [3.63, 3.8) is 0 Å². The Bertz CT molecular complexity index is 1200. The van der Waals surface area contributed by atoms with Crippen LogP contribution in [0.2, 0.25) is 0 Å². The molecular formula is C22H22F3N3O3S2. The van der Waals surface area contributed by atoms with Gasteiger partial charge < -0.3 is 9.64 Å². The smallest absolute Gasteiger partial charge is 0.416 e. The predicted molar refractivity (Wildman–Crippen MR) is 120 cm³/mol. The van der Waals surface area contributed by atoms with E-state index in [1.54, 1.807) is 7.11 Å². The van der Waals surface area contributed by atoms with Gasteiger partial charge in [-0.2, -0.15) is 17.5 Å². The summed E-state index contributed by atoms with van der Waals surface area (Å²) in [5.41, 5.74) is 1.04. The van der Waals surface area contributed by atoms with Gasteiger partial charge in [-0.05, 0) is 35.9 Å². The Morgan fingerprint density at radius 2 is 1.76 bits per heavy atom. The number of halogens is 3. The van der Waals surface area contributed by atoms with Crippen molar-refractivity contribution in [3.8, 4) is 5.75 Å². The van der Waals surface area contributed by atoms with E-state index in [1.165, 1.54) is 21.7 Å². The van der Waals surface area contributed by atoms with Crippen molar-refractivity contribution in [3.05, 3.63) is 70.7 Å². The minimum absolute atomic E-state index is 0.173. The molecule has 3 aromatic rings. The molecule has 0 aliphatic carbocycles. The van der Waals surface area contributed by atoms with E-state index in [9.17, 15) is 21.6 Å². The van der Waals surface area contributed by atoms with Crippen molar-refractivity contribution in [2.24, 2.45) is 0 Å². The first-order valence-electron chi connectivity index (χ1n) is 10.2. The van der Waals surface area contributed by atoms with Crippen LogP contribution in [0.5, 0.6) is 5.75 Å². The van der Waals surface area contributed by atoms with E-state index in [2.05, 4.69) is 4.98 Å². The van der Waals surface area contributed by atoms with Crippen LogP contribution in [0.1, 0.15) is 16.8 Å². The molecule has 1 aliphatic rings. The second kappa shape index (κ2) is 9.32. The van der Waals surface area contributed by atoms with E-state index in [0.29, 0.717) is 25.6 Å². The van der Waals surface area contributed by atoms with Crippen LogP contribution >= 0.6 is 11.3 Å². The summed E-state index contributed by atoms with van der Waals surface area (Å²) >= 11 is 1.49. The maximum Gasteiger partial charge on any atom is 0.416 e. The average molecular weight is 498 g/mol. The Balaban J connectivity index is 1.40. The molecule has 1 saturated heterocycles. The molecule has 0 atom stereocenters. The molecule has 0 unspecified atom stereocenters. The highest BCUT2D eigenvalue weighted by molar-refractivity contribution is 7.89. The molecule has 33 heavy (non-hydrogen) atoms. The molecule has 0 amide bonds. The minimum Gasteiger partial charge on any atom is -0.497 e. The lowest BCUT2D eigenvalue weighted by atomic mass is 10.1. The van der Waals surface area contributed by atoms with Gasteiger partial charge in [0.1, 0.15) is 5.75 Å². The minimum atomic E-state index is -4.60. The van der Waals surface area contributed by atoms with Gasteiger partial charge >= 0.3 is 6.18 Å². The number of thiazole rings is 1. The van der Waals surface area contributed by atoms with Crippen LogP contribution in [0.15, 0.2) is 58.8 Å². The third kappa shape index (κ3) is 5.31. The molecule has 0 N–H and O–H groups in total. The summed E-state index contributed by atoms with van der Waals surface area (Å²) < 4.78 is 71.1. The molecule has 6 nitrogen and oxygen atoms in total. The monoisotopic (exact) mass is 497 g/mol. The number of hydrogen-bond donors (Lipinski definition) is 0. The number of piperazine rings is 1. The van der Waals surface area contributed by atoms with Crippen molar-refractivity contribution >= 4 is 26.5 Å². The number of anilines is 1. The van der Waals surface area contributed by atoms with E-state index in [-0.39, 0.29) is 18.0 Å². The first-order chi connectivity index (χ1) is 15.7. The number of nitrogens with zero attached hydrogens (tertiary/aromatic N) is 3. The third-order valence-corrected chi connectivity index (χ3v) is 8.24. The lowest BCUT2D eigenvalue weighted by Gasteiger charge is -2.33. The van der Waals surface area contributed by atoms with Crippen molar-refractivity contribution in [1.29, 1.82) is 0 Å². The third-order valence-electron chi connectivity index (χ3n) is 5.39. The molecule has 4 rings (SSSR count). The van der Waals surface area contributed by atoms with Crippen molar-refractivity contribution in [1.82, 2.24) is 9.29 Å². The zero-order valence-electron chi connectivity index (χ0n) is 17.7. The van der Waals surface area contributed by atoms with Crippen LogP contribution in [-0.2, 0) is 22.6 Å². The van der Waals surface area contributed by atoms with Crippen LogP contribution in [-0.4, -0.2) is 51.0 Å². The van der Waals surface area contributed by atoms with Gasteiger partial charge in [0.2, 0.25) is 10.0 Å². The molecule has 2 heterocycles. The Morgan fingerprint density at radius 1 is 1.06 bits per heavy atom. The number of sulfonamides is 1. The molecule has 0 saturated carbocycles. The summed E-state index contributed by atoms with van der Waals surface area (Å²) in [4.78, 5) is 6.33. The molecule has 0 spiro atoms. The molecule has 176 valence electrons. The van der Waals surface area contributed by atoms with Gasteiger partial charge in [-0.3, -0.25) is 0 Å². The predicted octanol–water partition coefficient (Wildman–Crippen LogP) is 4.27. The highest BCUT2D eigenvalue weighted by Crippen LogP contribution is 2.32. The summed E-state index contributed by atoms with van der Waals surface area (Å²) in [6.45, 7) is 1.17. The van der Waals surface area contributed by atoms with Crippen LogP contribution in [0.4, 0.5) is 18.3 Å². The molecule has 11 heteroatoms. The highest BCUT2D eigenvalue weighted by atomic mass is 32.2. The molecular weight excluding hydrogens is 475 g/mol. The van der Waals surface area contributed by atoms with Crippen molar-refractivity contribution in [2.75, 3.05) is 38.2 Å². The van der Waals surface area contributed by atoms with Gasteiger partial charge in [-0.1, -0.05) is 18.2 Å². The van der Waals surface area contributed by atoms with Gasteiger partial charge in [0.15, 0.2) is 5.13 Å². The summed E-state index contributed by atoms with van der Waals surface area (Å²) in [6, 6.07) is 11.6. The number of ether oxygens (including phenoxy) is 1. The normalized spacial score (nSPS) is 15.6. The summed E-state index contributed by atoms with van der Waals surface area (Å²) in [5, 5.41) is 2.78. The van der Waals surface area contributed by atoms with Crippen molar-refractivity contribution in [2.45, 2.75) is 17.5 Å². The fourth-order valence-corrected chi connectivity index (χ4v) is 5.92. The lowest BCUT2D eigenvalue weighted by molar-refractivity contribution is -0.137. The SMILES string of the molecule is COc1ccc(Cc2csc(N3CCN(S(=O)(=O)c4cccc(C(F)(F)F)c4)CC3)n2)cc1. The second-order valence-corrected chi connectivity index (χ2v) is 10.3. The van der Waals surface area contributed by atoms with E-state index >= 15 is 0 Å². The van der Waals surface area contributed by atoms with Gasteiger partial charge in [0.05, 0.1) is 23.3 Å². The molecule has 0 bridgehead atoms. The Hall–Kier alpha value is -2.63. The number of hydrogen-bond acceptors (Lipinski definition) is 6. The van der Waals surface area contributed by atoms with Crippen LogP contribution in [0.25, 0.3) is 0 Å². The number of methoxy groups -OCH3 is 1. The largest absolute Gasteiger partial charge is 0.497 e. The van der Waals surface area contributed by atoms with Crippen LogP contribution < -0.4 is 9.64 Å². The van der Waals surface area contributed by atoms with Gasteiger partial charge in [-0.15, -0.1) is 11.3 Å². The summed E-state index contributed by atoms with van der Waals surface area (Å²) in [7, 11) is -2.39. The molecule has 1 aliphatic heterocycles. The standard InChI is InChI=1S/C22H22F3N3O3S2/c1-31-19-7-5-16(6-8-19)13-18-15-32-21(26-18)27-9-11-28(12-10-27)33(29,30)20-4-2-3-17(14-20)22(23,24)25/h2-8,14-15H,9-13H2,1H3. The number of rotatable bonds is 6. The lowest BCUT2D eigenvalue weighted by Crippen LogP contribution is -2.48. The first kappa shape index (κ1) is 23.5. The molecule has 2 aromatic carbocycles. The fraction of sp³-hybridized carbons (Fsp3) is 0.318. The van der Waals surface area contributed by atoms with Crippen LogP contribution in [0, 0.1) is 0 Å². The average Bonchev–Trinajstić information content (AvgIpc) is 3.28. The summed E-state index contributed by atoms with van der Waals surface area (Å²) in [5.74, 6) is 0.788. The zero-order chi connectivity index (χ0) is 23.6. The molecule has 0 radical (unpaired) electrons. The van der Waals surface area contributed by atoms with E-state index in [0.717, 1.165) is 34.3 Å². The second-order valence-electron chi connectivity index (χ2n) is 7.56. The Kier molecular flexibility index (Phi) is 6.64. The number of aromatic nitrogens is 1. The van der Waals surface area contributed by atoms with Gasteiger partial charge in [0.25, 0.3) is 0 Å². The number of alkyl halides is 3. The topological polar surface area (TPSA) is 62.7 Å². The zero-order valence-corrected chi connectivity index (χ0v) is 19.4. The van der Waals surface area contributed by atoms with E-state index in [1.807, 2.05) is 34.5 Å². The Morgan fingerprint density at radius 3 is 2.39 bits per heavy atom. The Labute approximate surface area is 194 Å². The molecule has 1 aromatic heterocycles. The first-order valence-corrected chi connectivity index (χ1v) is 12.5. The maximum absolute atomic E-state index is 13.0. The van der Waals surface area contributed by atoms with Crippen LogP contribution in [0.3, 0.4) is 0 Å². The maximum atomic E-state index is 13.0. The number of benzene rings is 2. The van der Waals surface area contributed by atoms with Gasteiger partial charge in [-0.25, -0.2) is 13.4 Å².